The van der Waals surface area contributed by atoms with Gasteiger partial charge in [0, 0.05) is 11.3 Å². The lowest BCUT2D eigenvalue weighted by Gasteiger charge is -2.23. The molecule has 0 radical (unpaired) electrons. The van der Waals surface area contributed by atoms with Crippen LogP contribution in [0.5, 0.6) is 0 Å². The maximum atomic E-state index is 5.40. The van der Waals surface area contributed by atoms with Crippen molar-refractivity contribution >= 4 is 0 Å². The van der Waals surface area contributed by atoms with Crippen molar-refractivity contribution in [1.29, 1.82) is 0 Å². The Kier molecular flexibility index (Phi) is 3.04. The van der Waals surface area contributed by atoms with E-state index in [9.17, 15) is 0 Å². The van der Waals surface area contributed by atoms with Gasteiger partial charge in [-0.25, -0.2) is 0 Å². The second-order valence-corrected chi connectivity index (χ2v) is 6.16. The lowest BCUT2D eigenvalue weighted by molar-refractivity contribution is 0.279. The molecule has 0 unspecified atom stereocenters. The molecule has 1 fully saturated rings. The molecule has 1 saturated carbocycles. The highest BCUT2D eigenvalue weighted by atomic mass is 16.5. The van der Waals surface area contributed by atoms with Crippen LogP contribution >= 0.6 is 0 Å². The molecule has 3 heteroatoms. The lowest BCUT2D eigenvalue weighted by atomic mass is 9.83. The molecule has 1 aromatic heterocycles. The smallest absolute Gasteiger partial charge is 0.229 e. The summed E-state index contributed by atoms with van der Waals surface area (Å²) in [6.45, 7) is 8.67. The average Bonchev–Trinajstić information content (AvgIpc) is 2.67. The zero-order chi connectivity index (χ0) is 11.8. The van der Waals surface area contributed by atoms with Crippen LogP contribution in [0.2, 0.25) is 0 Å². The molecular weight excluding hydrogens is 200 g/mol. The van der Waals surface area contributed by atoms with Crippen LogP contribution in [0.1, 0.15) is 71.0 Å². The van der Waals surface area contributed by atoms with Gasteiger partial charge in [0.2, 0.25) is 5.89 Å². The van der Waals surface area contributed by atoms with Crippen LogP contribution < -0.4 is 0 Å². The summed E-state index contributed by atoms with van der Waals surface area (Å²) in [7, 11) is 0. The molecule has 1 heterocycles. The largest absolute Gasteiger partial charge is 0.339 e. The van der Waals surface area contributed by atoms with Crippen LogP contribution in [0.4, 0.5) is 0 Å². The van der Waals surface area contributed by atoms with Crippen molar-refractivity contribution < 1.29 is 4.52 Å². The van der Waals surface area contributed by atoms with Gasteiger partial charge in [-0.3, -0.25) is 0 Å². The first kappa shape index (κ1) is 11.6. The maximum Gasteiger partial charge on any atom is 0.229 e. The minimum atomic E-state index is -0.0102. The molecule has 3 nitrogen and oxygen atoms in total. The standard InChI is InChI=1S/C13H22N2O/c1-9-5-7-10(8-6-9)11-14-12(15-16-11)13(2,3)4/h9-10H,5-8H2,1-4H3. The van der Waals surface area contributed by atoms with Crippen molar-refractivity contribution in [3.8, 4) is 0 Å². The molecule has 0 amide bonds. The zero-order valence-electron chi connectivity index (χ0n) is 10.8. The van der Waals surface area contributed by atoms with Crippen molar-refractivity contribution in [3.63, 3.8) is 0 Å². The molecule has 0 N–H and O–H groups in total. The minimum absolute atomic E-state index is 0.0102. The molecule has 0 spiro atoms. The van der Waals surface area contributed by atoms with E-state index in [-0.39, 0.29) is 5.41 Å². The Morgan fingerprint density at radius 3 is 2.25 bits per heavy atom. The van der Waals surface area contributed by atoms with Crippen LogP contribution in [-0.4, -0.2) is 10.1 Å². The van der Waals surface area contributed by atoms with Crippen molar-refractivity contribution in [3.05, 3.63) is 11.7 Å². The number of hydrogen-bond donors (Lipinski definition) is 0. The highest BCUT2D eigenvalue weighted by molar-refractivity contribution is 5.03. The monoisotopic (exact) mass is 222 g/mol. The van der Waals surface area contributed by atoms with E-state index < -0.39 is 0 Å². The van der Waals surface area contributed by atoms with Gasteiger partial charge in [0.1, 0.15) is 0 Å². The Hall–Kier alpha value is -0.860. The fourth-order valence-electron chi connectivity index (χ4n) is 2.21. The molecule has 0 aromatic carbocycles. The summed E-state index contributed by atoms with van der Waals surface area (Å²) < 4.78 is 5.40. The fourth-order valence-corrected chi connectivity index (χ4v) is 2.21. The van der Waals surface area contributed by atoms with Crippen molar-refractivity contribution in [1.82, 2.24) is 10.1 Å². The average molecular weight is 222 g/mol. The lowest BCUT2D eigenvalue weighted by Crippen LogP contribution is -2.14. The molecule has 0 aliphatic heterocycles. The Morgan fingerprint density at radius 2 is 1.75 bits per heavy atom. The predicted octanol–water partition coefficient (Wildman–Crippen LogP) is 3.66. The van der Waals surface area contributed by atoms with Gasteiger partial charge < -0.3 is 4.52 Å². The van der Waals surface area contributed by atoms with E-state index in [4.69, 9.17) is 4.52 Å². The summed E-state index contributed by atoms with van der Waals surface area (Å²) in [5, 5.41) is 4.10. The third-order valence-electron chi connectivity index (χ3n) is 3.48. The molecule has 0 atom stereocenters. The molecule has 1 aliphatic carbocycles. The van der Waals surface area contributed by atoms with Crippen LogP contribution in [0, 0.1) is 5.92 Å². The Labute approximate surface area is 97.6 Å². The number of rotatable bonds is 1. The zero-order valence-corrected chi connectivity index (χ0v) is 10.8. The number of nitrogens with zero attached hydrogens (tertiary/aromatic N) is 2. The van der Waals surface area contributed by atoms with Gasteiger partial charge in [-0.2, -0.15) is 4.98 Å². The second-order valence-electron chi connectivity index (χ2n) is 6.16. The molecule has 0 saturated heterocycles. The third kappa shape index (κ3) is 2.45. The SMILES string of the molecule is CC1CCC(c2nc(C(C)(C)C)no2)CC1. The van der Waals surface area contributed by atoms with Crippen molar-refractivity contribution in [2.75, 3.05) is 0 Å². The van der Waals surface area contributed by atoms with E-state index >= 15 is 0 Å². The molecule has 0 bridgehead atoms. The molecule has 16 heavy (non-hydrogen) atoms. The topological polar surface area (TPSA) is 38.9 Å². The molecular formula is C13H22N2O. The summed E-state index contributed by atoms with van der Waals surface area (Å²) in [6.07, 6.45) is 4.98. The van der Waals surface area contributed by atoms with Crippen molar-refractivity contribution in [2.45, 2.75) is 64.7 Å². The van der Waals surface area contributed by atoms with Crippen LogP contribution in [0.25, 0.3) is 0 Å². The number of hydrogen-bond acceptors (Lipinski definition) is 3. The van der Waals surface area contributed by atoms with E-state index in [1.165, 1.54) is 25.7 Å². The first-order chi connectivity index (χ1) is 7.47. The Balaban J connectivity index is 2.08. The second kappa shape index (κ2) is 4.19. The van der Waals surface area contributed by atoms with Gasteiger partial charge in [-0.05, 0) is 31.6 Å². The maximum absolute atomic E-state index is 5.40. The first-order valence-corrected chi connectivity index (χ1v) is 6.31. The Bertz CT molecular complexity index is 343. The van der Waals surface area contributed by atoms with Gasteiger partial charge in [0.05, 0.1) is 0 Å². The summed E-state index contributed by atoms with van der Waals surface area (Å²) in [5.74, 6) is 3.05. The van der Waals surface area contributed by atoms with E-state index in [1.54, 1.807) is 0 Å². The quantitative estimate of drug-likeness (QED) is 0.728. The van der Waals surface area contributed by atoms with Gasteiger partial charge in [-0.15, -0.1) is 0 Å². The summed E-state index contributed by atoms with van der Waals surface area (Å²) in [6, 6.07) is 0. The van der Waals surface area contributed by atoms with Crippen molar-refractivity contribution in [2.24, 2.45) is 5.92 Å². The molecule has 1 aromatic rings. The highest BCUT2D eigenvalue weighted by Gasteiger charge is 2.27. The normalized spacial score (nSPS) is 27.0. The van der Waals surface area contributed by atoms with Crippen LogP contribution in [0.15, 0.2) is 4.52 Å². The molecule has 2 rings (SSSR count). The van der Waals surface area contributed by atoms with E-state index in [0.717, 1.165) is 17.6 Å². The summed E-state index contributed by atoms with van der Waals surface area (Å²) in [5.41, 5.74) is -0.0102. The highest BCUT2D eigenvalue weighted by Crippen LogP contribution is 2.35. The van der Waals surface area contributed by atoms with Gasteiger partial charge in [0.25, 0.3) is 0 Å². The van der Waals surface area contributed by atoms with E-state index in [1.807, 2.05) is 0 Å². The summed E-state index contributed by atoms with van der Waals surface area (Å²) >= 11 is 0. The minimum Gasteiger partial charge on any atom is -0.339 e. The van der Waals surface area contributed by atoms with Crippen LogP contribution in [0.3, 0.4) is 0 Å². The number of aromatic nitrogens is 2. The fraction of sp³-hybridized carbons (Fsp3) is 0.846. The van der Waals surface area contributed by atoms with E-state index in [0.29, 0.717) is 5.92 Å². The van der Waals surface area contributed by atoms with E-state index in [2.05, 4.69) is 37.8 Å². The predicted molar refractivity (Wildman–Crippen MR) is 63.4 cm³/mol. The van der Waals surface area contributed by atoms with Gasteiger partial charge in [0.15, 0.2) is 5.82 Å². The summed E-state index contributed by atoms with van der Waals surface area (Å²) in [4.78, 5) is 4.55. The first-order valence-electron chi connectivity index (χ1n) is 6.31. The Morgan fingerprint density at radius 1 is 1.12 bits per heavy atom. The van der Waals surface area contributed by atoms with Gasteiger partial charge in [-0.1, -0.05) is 32.9 Å². The molecule has 1 aliphatic rings. The molecule has 90 valence electrons. The third-order valence-corrected chi connectivity index (χ3v) is 3.48. The van der Waals surface area contributed by atoms with Gasteiger partial charge >= 0.3 is 0 Å². The van der Waals surface area contributed by atoms with Crippen LogP contribution in [-0.2, 0) is 5.41 Å².